The molecule has 664 valence electrons. The standard InChI is InChI=1S/C41H61FN6O13.C38H56FN5O14/c1-5-9-29(39(56)47-14-8-15-47)58-38-32(44-22(3)50)40(60-31(20-49)34(38)53)59-30-18-24(28(51)12-7-13-43-4)17-27(37(30)61-41-36(55)35(54)33(52)21(2)57-41)48-19-26(45-46-48)23-10-6-11-25(42)16-23;1-5-8-26(36(52)53)55-35-29(41-19(3)46)37(57-28(17-45)31(35)49)56-27-15-21(25(47)11-7-12-40-4)14-24(34(27)58-38-33(51)32(50)30(48)18(2)54-38)44-16-23(42-43-44)20-9-6-10-22(39)13-20/h6,10-11,16,19,21,24,27,29-38,40-41,43,49,52-55H,5,7-9,12-15,17-18,20H2,1-4H3,(H,44,50);6,9-10,13,16,18,21,24,26-35,37-38,40,45,48-51H,5,7-8,11-12,14-15,17H2,1-4H3,(H,41,46)(H,52,53)/t21?,24?,27?,29-,30+,31-,32?,33+,34-,35-,36?,37+,38?,40+,41-;18?,21?,24?,26-,27+,28-,29?,30+,31-,32-,33?,34+,35?,37+,38-/m00/s1. The number of aliphatic carboxylic acids is 1. The first-order valence-electron chi connectivity index (χ1n) is 40.9. The Labute approximate surface area is 686 Å². The Balaban J connectivity index is 0.000000251. The number of hydrogen-bond donors (Lipinski definition) is 15. The van der Waals surface area contributed by atoms with E-state index in [1.807, 2.05) is 6.92 Å². The van der Waals surface area contributed by atoms with E-state index in [0.717, 1.165) is 6.42 Å². The quantitative estimate of drug-likeness (QED) is 0.0243. The zero-order chi connectivity index (χ0) is 86.2. The average Bonchev–Trinajstić information content (AvgIpc) is 1.69. The molecule has 0 bridgehead atoms. The number of rotatable bonds is 36. The highest BCUT2D eigenvalue weighted by Crippen LogP contribution is 2.45. The zero-order valence-electron chi connectivity index (χ0n) is 67.9. The van der Waals surface area contributed by atoms with Crippen molar-refractivity contribution in [2.45, 2.75) is 296 Å². The molecular weight excluding hydrogens is 1570 g/mol. The van der Waals surface area contributed by atoms with Crippen LogP contribution in [0.1, 0.15) is 137 Å². The monoisotopic (exact) mass is 1690 g/mol. The van der Waals surface area contributed by atoms with Gasteiger partial charge in [-0.2, -0.15) is 0 Å². The lowest BCUT2D eigenvalue weighted by Crippen LogP contribution is -2.67. The first-order chi connectivity index (χ1) is 56.9. The fourth-order valence-corrected chi connectivity index (χ4v) is 16.3. The third-order valence-electron chi connectivity index (χ3n) is 22.9. The largest absolute Gasteiger partial charge is 0.479 e. The summed E-state index contributed by atoms with van der Waals surface area (Å²) in [4.78, 5) is 80.8. The Kier molecular flexibility index (Phi) is 34.7. The van der Waals surface area contributed by atoms with Gasteiger partial charge in [0, 0.05) is 62.7 Å². The number of carbonyl (C=O) groups is 6. The van der Waals surface area contributed by atoms with Crippen LogP contribution in [0.5, 0.6) is 0 Å². The van der Waals surface area contributed by atoms with Crippen LogP contribution >= 0.6 is 0 Å². The van der Waals surface area contributed by atoms with Crippen LogP contribution in [0.25, 0.3) is 22.5 Å². The number of carboxylic acid groups (broad SMARTS) is 1. The van der Waals surface area contributed by atoms with Crippen LogP contribution in [0, 0.1) is 23.5 Å². The number of Topliss-reactive ketones (excluding diaryl/α,β-unsaturated/α-hetero) is 2. The topological polar surface area (TPSA) is 530 Å². The fraction of sp³-hybridized carbons (Fsp3) is 0.722. The van der Waals surface area contributed by atoms with Crippen molar-refractivity contribution in [3.05, 3.63) is 72.6 Å². The molecule has 2 aromatic heterocycles. The van der Waals surface area contributed by atoms with Gasteiger partial charge in [0.05, 0.1) is 62.1 Å². The van der Waals surface area contributed by atoms with Crippen LogP contribution in [0.2, 0.25) is 0 Å². The number of nitrogens with zero attached hydrogens (tertiary/aromatic N) is 7. The van der Waals surface area contributed by atoms with Gasteiger partial charge in [-0.1, -0.05) is 61.4 Å². The van der Waals surface area contributed by atoms with Gasteiger partial charge in [-0.25, -0.2) is 22.9 Å². The van der Waals surface area contributed by atoms with Gasteiger partial charge in [0.25, 0.3) is 5.91 Å². The molecule has 2 aromatic carbocycles. The summed E-state index contributed by atoms with van der Waals surface area (Å²) in [5.74, 6) is -5.39. The first-order valence-corrected chi connectivity index (χ1v) is 40.9. The molecule has 38 nitrogen and oxygen atoms in total. The van der Waals surface area contributed by atoms with Crippen LogP contribution < -0.4 is 21.3 Å². The number of carboxylic acids is 1. The minimum absolute atomic E-state index is 0.00494. The van der Waals surface area contributed by atoms with Gasteiger partial charge in [-0.05, 0) is 123 Å². The predicted octanol–water partition coefficient (Wildman–Crippen LogP) is -1.01. The van der Waals surface area contributed by atoms with Crippen molar-refractivity contribution < 1.29 is 141 Å². The molecule has 5 saturated heterocycles. The fourth-order valence-electron chi connectivity index (χ4n) is 16.3. The van der Waals surface area contributed by atoms with Crippen molar-refractivity contribution >= 4 is 35.3 Å². The highest BCUT2D eigenvalue weighted by Gasteiger charge is 2.57. The molecule has 0 radical (unpaired) electrons. The molecule has 5 aliphatic heterocycles. The van der Waals surface area contributed by atoms with Gasteiger partial charge in [-0.15, -0.1) is 10.2 Å². The van der Waals surface area contributed by atoms with Gasteiger partial charge in [0.1, 0.15) is 138 Å². The Morgan fingerprint density at radius 1 is 0.538 bits per heavy atom. The second kappa shape index (κ2) is 43.8. The van der Waals surface area contributed by atoms with Crippen molar-refractivity contribution in [2.75, 3.05) is 53.5 Å². The number of likely N-dealkylation sites (tertiary alicyclic amines) is 1. The summed E-state index contributed by atoms with van der Waals surface area (Å²) in [6, 6.07) is 6.96. The number of ether oxygens (including phenoxy) is 10. The van der Waals surface area contributed by atoms with E-state index in [9.17, 15) is 93.7 Å². The number of benzene rings is 2. The molecule has 4 aromatic rings. The van der Waals surface area contributed by atoms with Crippen molar-refractivity contribution in [2.24, 2.45) is 11.8 Å². The second-order valence-electron chi connectivity index (χ2n) is 31.6. The SMILES string of the molecule is CCC[C@H](OC1C(NC(C)=O)[C@H](O[C@@H]2CC(C(=O)CCCNC)CC(n3cc(-c4cccc(F)c4)nn3)[C@H]2O[C@@H]2OC(C)[C@@H](O)[C@H](O)C2O)O[C@@H](CO)[C@@H]1O)C(=O)N1CCC1.CCC[C@H](OC1C(NC(C)=O)[C@H](O[C@@H]2CC(C(=O)CCCNC)CC(n3cc(-c4cccc(F)c4)nn3)[C@H]2O[C@@H]2OC(C)[C@@H](O)[C@H](O)C2O)O[C@@H](CO)[C@@H]1O)C(=O)O. The van der Waals surface area contributed by atoms with Crippen LogP contribution in [0.4, 0.5) is 8.78 Å². The summed E-state index contributed by atoms with van der Waals surface area (Å²) < 4.78 is 94.2. The summed E-state index contributed by atoms with van der Waals surface area (Å²) in [6.07, 6.45) is -26.9. The average molecular weight is 1690 g/mol. The summed E-state index contributed by atoms with van der Waals surface area (Å²) in [6.45, 7) is 9.83. The second-order valence-corrected chi connectivity index (χ2v) is 31.6. The van der Waals surface area contributed by atoms with Gasteiger partial charge in [0.2, 0.25) is 11.8 Å². The van der Waals surface area contributed by atoms with E-state index in [-0.39, 0.29) is 68.1 Å². The number of aliphatic hydroxyl groups excluding tert-OH is 10. The maximum Gasteiger partial charge on any atom is 0.332 e. The van der Waals surface area contributed by atoms with Gasteiger partial charge in [0.15, 0.2) is 31.3 Å². The Hall–Kier alpha value is -7.08. The van der Waals surface area contributed by atoms with Crippen molar-refractivity contribution in [3.63, 3.8) is 0 Å². The highest BCUT2D eigenvalue weighted by molar-refractivity contribution is 5.82. The molecule has 2 saturated carbocycles. The normalized spacial score (nSPS) is 34.7. The Morgan fingerprint density at radius 3 is 1.31 bits per heavy atom. The van der Waals surface area contributed by atoms with Gasteiger partial charge in [-0.3, -0.25) is 24.0 Å². The molecule has 40 heteroatoms. The van der Waals surface area contributed by atoms with E-state index in [4.69, 9.17) is 47.4 Å². The zero-order valence-corrected chi connectivity index (χ0v) is 67.9. The Bertz CT molecular complexity index is 3930. The van der Waals surface area contributed by atoms with Crippen LogP contribution in [-0.2, 0) is 76.1 Å². The molecule has 119 heavy (non-hydrogen) atoms. The number of aliphatic hydroxyl groups is 10. The lowest BCUT2D eigenvalue weighted by atomic mass is 9.78. The molecule has 12 unspecified atom stereocenters. The van der Waals surface area contributed by atoms with Crippen LogP contribution in [0.15, 0.2) is 60.9 Å². The number of amides is 3. The number of aromatic nitrogens is 6. The van der Waals surface area contributed by atoms with E-state index in [0.29, 0.717) is 75.1 Å². The predicted molar refractivity (Wildman–Crippen MR) is 410 cm³/mol. The third-order valence-corrected chi connectivity index (χ3v) is 22.9. The molecule has 7 aliphatic rings. The third kappa shape index (κ3) is 23.4. The van der Waals surface area contributed by atoms with Crippen molar-refractivity contribution in [3.8, 4) is 22.5 Å². The molecule has 15 N–H and O–H groups in total. The van der Waals surface area contributed by atoms with Gasteiger partial charge >= 0.3 is 5.97 Å². The lowest BCUT2D eigenvalue weighted by Gasteiger charge is -2.49. The molecule has 7 heterocycles. The summed E-state index contributed by atoms with van der Waals surface area (Å²) in [5, 5.41) is 147. The smallest absolute Gasteiger partial charge is 0.332 e. The molecule has 3 amide bonds. The van der Waals surface area contributed by atoms with Crippen molar-refractivity contribution in [1.82, 2.24) is 56.2 Å². The molecule has 30 atom stereocenters. The number of ketones is 2. The first kappa shape index (κ1) is 94.2. The molecule has 11 rings (SSSR count). The minimum Gasteiger partial charge on any atom is -0.479 e. The van der Waals surface area contributed by atoms with E-state index in [1.54, 1.807) is 44.2 Å². The molecule has 2 aliphatic carbocycles. The number of hydrogen-bond acceptors (Lipinski definition) is 32. The lowest BCUT2D eigenvalue weighted by molar-refractivity contribution is -0.337. The number of nitrogens with one attached hydrogen (secondary N) is 4. The number of carbonyl (C=O) groups excluding carboxylic acids is 5. The number of halogens is 2. The maximum atomic E-state index is 14.3. The van der Waals surface area contributed by atoms with Gasteiger partial charge < -0.3 is 130 Å². The van der Waals surface area contributed by atoms with Crippen LogP contribution in [0.3, 0.4) is 0 Å². The minimum atomic E-state index is -1.76. The molecular formula is C79H117F2N11O27. The molecule has 0 spiro atoms. The summed E-state index contributed by atoms with van der Waals surface area (Å²) >= 11 is 0. The van der Waals surface area contributed by atoms with E-state index < -0.39 is 226 Å². The van der Waals surface area contributed by atoms with E-state index in [1.165, 1.54) is 79.7 Å². The molecule has 7 fully saturated rings. The summed E-state index contributed by atoms with van der Waals surface area (Å²) in [5.41, 5.74) is 1.40. The van der Waals surface area contributed by atoms with E-state index in [2.05, 4.69) is 41.9 Å². The summed E-state index contributed by atoms with van der Waals surface area (Å²) in [7, 11) is 3.54. The highest BCUT2D eigenvalue weighted by atomic mass is 19.1. The van der Waals surface area contributed by atoms with Crippen LogP contribution in [-0.4, -0.2) is 339 Å². The van der Waals surface area contributed by atoms with Crippen molar-refractivity contribution in [1.29, 1.82) is 0 Å². The maximum absolute atomic E-state index is 14.3. The van der Waals surface area contributed by atoms with E-state index >= 15 is 0 Å². The Morgan fingerprint density at radius 2 is 0.950 bits per heavy atom.